The van der Waals surface area contributed by atoms with Crippen molar-refractivity contribution in [2.75, 3.05) is 10.5 Å². The summed E-state index contributed by atoms with van der Waals surface area (Å²) in [6.07, 6.45) is 1.67. The van der Waals surface area contributed by atoms with E-state index in [4.69, 9.17) is 10.2 Å². The molecule has 0 unspecified atom stereocenters. The minimum Gasteiger partial charge on any atom is -0.478 e. The quantitative estimate of drug-likeness (QED) is 0.671. The van der Waals surface area contributed by atoms with Crippen LogP contribution in [0.3, 0.4) is 0 Å². The maximum absolute atomic E-state index is 12.8. The number of carbonyl (C=O) groups excluding carboxylic acids is 1. The minimum atomic E-state index is -4.01. The second-order valence-corrected chi connectivity index (χ2v) is 9.66. The monoisotopic (exact) mass is 395 g/mol. The van der Waals surface area contributed by atoms with Gasteiger partial charge in [0.2, 0.25) is 10.0 Å². The molecule has 2 bridgehead atoms. The number of nitrogens with one attached hydrogen (secondary N) is 1. The van der Waals surface area contributed by atoms with Crippen LogP contribution in [0, 0.1) is 16.7 Å². The Morgan fingerprint density at radius 1 is 1.15 bits per heavy atom. The van der Waals surface area contributed by atoms with Crippen molar-refractivity contribution in [3.63, 3.8) is 0 Å². The van der Waals surface area contributed by atoms with Gasteiger partial charge in [-0.1, -0.05) is 13.8 Å². The first-order valence-corrected chi connectivity index (χ1v) is 10.2. The molecule has 3 rings (SSSR count). The van der Waals surface area contributed by atoms with Crippen molar-refractivity contribution < 1.29 is 33.0 Å². The molecule has 27 heavy (non-hydrogen) atoms. The minimum absolute atomic E-state index is 0.0559. The fourth-order valence-corrected chi connectivity index (χ4v) is 6.46. The van der Waals surface area contributed by atoms with E-state index in [1.54, 1.807) is 0 Å². The molecule has 9 heteroatoms. The molecule has 1 aromatic carbocycles. The summed E-state index contributed by atoms with van der Waals surface area (Å²) in [5.74, 6) is -3.04. The second kappa shape index (κ2) is 6.05. The summed E-state index contributed by atoms with van der Waals surface area (Å²) in [5.41, 5.74) is -2.24. The molecule has 2 aliphatic carbocycles. The summed E-state index contributed by atoms with van der Waals surface area (Å²) < 4.78 is 27.8. The highest BCUT2D eigenvalue weighted by atomic mass is 32.2. The molecule has 0 amide bonds. The van der Waals surface area contributed by atoms with E-state index in [1.165, 1.54) is 0 Å². The zero-order valence-electron chi connectivity index (χ0n) is 15.0. The fourth-order valence-electron chi connectivity index (χ4n) is 4.58. The molecule has 3 N–H and O–H groups in total. The van der Waals surface area contributed by atoms with Crippen LogP contribution >= 0.6 is 0 Å². The Kier molecular flexibility index (Phi) is 4.33. The van der Waals surface area contributed by atoms with Crippen LogP contribution in [0.25, 0.3) is 0 Å². The van der Waals surface area contributed by atoms with Crippen LogP contribution in [0.1, 0.15) is 53.8 Å². The average Bonchev–Trinajstić information content (AvgIpc) is 2.87. The zero-order chi connectivity index (χ0) is 20.2. The summed E-state index contributed by atoms with van der Waals surface area (Å²) in [6.45, 7) is 3.83. The zero-order valence-corrected chi connectivity index (χ0v) is 15.8. The van der Waals surface area contributed by atoms with E-state index in [0.717, 1.165) is 24.6 Å². The molecule has 0 aliphatic heterocycles. The summed E-state index contributed by atoms with van der Waals surface area (Å²) in [4.78, 5) is 34.9. The Morgan fingerprint density at radius 2 is 1.70 bits per heavy atom. The molecule has 2 fully saturated rings. The largest absolute Gasteiger partial charge is 0.478 e. The van der Waals surface area contributed by atoms with Crippen LogP contribution in [-0.2, 0) is 14.8 Å². The van der Waals surface area contributed by atoms with Crippen molar-refractivity contribution in [2.24, 2.45) is 16.7 Å². The third-order valence-electron chi connectivity index (χ3n) is 6.28. The topological polar surface area (TPSA) is 138 Å². The van der Waals surface area contributed by atoms with Crippen LogP contribution in [0.5, 0.6) is 0 Å². The Morgan fingerprint density at radius 3 is 2.11 bits per heavy atom. The van der Waals surface area contributed by atoms with Gasteiger partial charge in [-0.2, -0.15) is 0 Å². The summed E-state index contributed by atoms with van der Waals surface area (Å²) in [7, 11) is -4.01. The van der Waals surface area contributed by atoms with Crippen molar-refractivity contribution in [3.8, 4) is 0 Å². The van der Waals surface area contributed by atoms with Gasteiger partial charge in [0.05, 0.1) is 28.0 Å². The van der Waals surface area contributed by atoms with E-state index in [-0.39, 0.29) is 28.5 Å². The molecule has 146 valence electrons. The number of carboxylic acid groups (broad SMARTS) is 2. The van der Waals surface area contributed by atoms with E-state index in [1.807, 2.05) is 13.8 Å². The van der Waals surface area contributed by atoms with Crippen LogP contribution in [0.15, 0.2) is 18.2 Å². The standard InChI is InChI=1S/C18H21NO7S/c1-17(2)12-3-4-18(17,14(20)8-12)9-27(25,26)19-13-6-10(15(21)22)5-11(7-13)16(23)24/h5-7,12,19H,3-4,8-9H2,1-2H3,(H,21,22)(H,23,24)/t12-,18-/m0/s1. The molecule has 1 aromatic rings. The number of carboxylic acids is 2. The molecule has 0 radical (unpaired) electrons. The Hall–Kier alpha value is -2.42. The van der Waals surface area contributed by atoms with Crippen molar-refractivity contribution in [1.29, 1.82) is 0 Å². The molecule has 0 saturated heterocycles. The van der Waals surface area contributed by atoms with E-state index < -0.39 is 38.5 Å². The number of rotatable bonds is 6. The number of aromatic carboxylic acids is 2. The Bertz CT molecular complexity index is 918. The number of sulfonamides is 1. The van der Waals surface area contributed by atoms with Gasteiger partial charge in [0, 0.05) is 6.42 Å². The molecular weight excluding hydrogens is 374 g/mol. The van der Waals surface area contributed by atoms with Gasteiger partial charge in [-0.15, -0.1) is 0 Å². The molecule has 2 aliphatic rings. The Labute approximate surface area is 156 Å². The van der Waals surface area contributed by atoms with Crippen molar-refractivity contribution in [2.45, 2.75) is 33.1 Å². The predicted octanol–water partition coefficient (Wildman–Crippen LogP) is 2.22. The highest BCUT2D eigenvalue weighted by molar-refractivity contribution is 7.92. The fraction of sp³-hybridized carbons (Fsp3) is 0.500. The molecule has 2 atom stereocenters. The highest BCUT2D eigenvalue weighted by Crippen LogP contribution is 2.64. The van der Waals surface area contributed by atoms with E-state index in [9.17, 15) is 22.8 Å². The second-order valence-electron chi connectivity index (χ2n) is 7.94. The smallest absolute Gasteiger partial charge is 0.335 e. The maximum atomic E-state index is 12.8. The van der Waals surface area contributed by atoms with Crippen LogP contribution < -0.4 is 4.72 Å². The molecular formula is C18H21NO7S. The van der Waals surface area contributed by atoms with Gasteiger partial charge in [-0.25, -0.2) is 18.0 Å². The SMILES string of the molecule is CC1(C)[C@H]2CC[C@]1(CS(=O)(=O)Nc1cc(C(=O)O)cc(C(=O)O)c1)C(=O)C2. The summed E-state index contributed by atoms with van der Waals surface area (Å²) in [5, 5.41) is 18.2. The van der Waals surface area contributed by atoms with Gasteiger partial charge in [0.15, 0.2) is 0 Å². The highest BCUT2D eigenvalue weighted by Gasteiger charge is 2.65. The lowest BCUT2D eigenvalue weighted by atomic mass is 9.70. The first-order chi connectivity index (χ1) is 12.4. The maximum Gasteiger partial charge on any atom is 0.335 e. The lowest BCUT2D eigenvalue weighted by Crippen LogP contribution is -2.43. The van der Waals surface area contributed by atoms with Crippen LogP contribution in [0.4, 0.5) is 5.69 Å². The number of fused-ring (bicyclic) bond motifs is 2. The number of benzene rings is 1. The lowest BCUT2D eigenvalue weighted by molar-refractivity contribution is -0.128. The third kappa shape index (κ3) is 3.09. The first-order valence-electron chi connectivity index (χ1n) is 8.53. The normalized spacial score (nSPS) is 26.1. The first kappa shape index (κ1) is 19.3. The van der Waals surface area contributed by atoms with Gasteiger partial charge in [0.25, 0.3) is 0 Å². The van der Waals surface area contributed by atoms with Crippen molar-refractivity contribution >= 4 is 33.4 Å². The lowest BCUT2D eigenvalue weighted by Gasteiger charge is -2.36. The van der Waals surface area contributed by atoms with Crippen LogP contribution in [0.2, 0.25) is 0 Å². The van der Waals surface area contributed by atoms with Gasteiger partial charge in [-0.05, 0) is 42.4 Å². The van der Waals surface area contributed by atoms with Gasteiger partial charge in [0.1, 0.15) is 5.78 Å². The predicted molar refractivity (Wildman–Crippen MR) is 96.3 cm³/mol. The van der Waals surface area contributed by atoms with Gasteiger partial charge < -0.3 is 10.2 Å². The number of anilines is 1. The van der Waals surface area contributed by atoms with Crippen molar-refractivity contribution in [1.82, 2.24) is 0 Å². The molecule has 0 spiro atoms. The summed E-state index contributed by atoms with van der Waals surface area (Å²) >= 11 is 0. The third-order valence-corrected chi connectivity index (χ3v) is 7.70. The van der Waals surface area contributed by atoms with E-state index in [2.05, 4.69) is 4.72 Å². The summed E-state index contributed by atoms with van der Waals surface area (Å²) in [6, 6.07) is 3.07. The number of Topliss-reactive ketones (excluding diaryl/α,β-unsaturated/α-hetero) is 1. The molecule has 0 aromatic heterocycles. The number of ketones is 1. The molecule has 0 heterocycles. The van der Waals surface area contributed by atoms with Gasteiger partial charge in [-0.3, -0.25) is 9.52 Å². The average molecular weight is 395 g/mol. The van der Waals surface area contributed by atoms with Crippen LogP contribution in [-0.4, -0.2) is 42.1 Å². The van der Waals surface area contributed by atoms with E-state index >= 15 is 0 Å². The van der Waals surface area contributed by atoms with Crippen molar-refractivity contribution in [3.05, 3.63) is 29.3 Å². The molecule has 2 saturated carbocycles. The number of carbonyl (C=O) groups is 3. The van der Waals surface area contributed by atoms with Gasteiger partial charge >= 0.3 is 11.9 Å². The number of hydrogen-bond donors (Lipinski definition) is 3. The number of hydrogen-bond acceptors (Lipinski definition) is 5. The molecule has 8 nitrogen and oxygen atoms in total. The van der Waals surface area contributed by atoms with E-state index in [0.29, 0.717) is 12.8 Å². The Balaban J connectivity index is 1.93.